The molecule has 184 valence electrons. The minimum atomic E-state index is 0.0186. The van der Waals surface area contributed by atoms with Gasteiger partial charge in [0.1, 0.15) is 6.10 Å². The summed E-state index contributed by atoms with van der Waals surface area (Å²) in [5.41, 5.74) is 1.61. The summed E-state index contributed by atoms with van der Waals surface area (Å²) in [6, 6.07) is 0. The van der Waals surface area contributed by atoms with Crippen LogP contribution in [0.25, 0.3) is 0 Å². The van der Waals surface area contributed by atoms with Gasteiger partial charge in [-0.05, 0) is 124 Å². The first kappa shape index (κ1) is 23.6. The second kappa shape index (κ2) is 9.13. The first-order chi connectivity index (χ1) is 15.8. The Balaban J connectivity index is 1.18. The topological polar surface area (TPSA) is 46.6 Å². The number of fused-ring (bicyclic) bond motifs is 5. The SMILES string of the molecule is CC(=O)C1=CC[C@@H]2[C@H]3CC[C@H]4C[C@@H](OC(=O)CCN5CCCCC5)CC[C@]4(C)[C@@H]3CC[C@]12C. The average Bonchev–Trinajstić information content (AvgIpc) is 3.16. The molecule has 1 heterocycles. The number of ether oxygens (including phenoxy) is 1. The van der Waals surface area contributed by atoms with Gasteiger partial charge in [-0.2, -0.15) is 0 Å². The summed E-state index contributed by atoms with van der Waals surface area (Å²) in [4.78, 5) is 27.3. The first-order valence-corrected chi connectivity index (χ1v) is 13.9. The average molecular weight is 456 g/mol. The Kier molecular flexibility index (Phi) is 6.52. The van der Waals surface area contributed by atoms with E-state index in [-0.39, 0.29) is 17.5 Å². The van der Waals surface area contributed by atoms with Gasteiger partial charge < -0.3 is 9.64 Å². The van der Waals surface area contributed by atoms with E-state index in [9.17, 15) is 9.59 Å². The van der Waals surface area contributed by atoms with Gasteiger partial charge in [0, 0.05) is 6.54 Å². The van der Waals surface area contributed by atoms with Gasteiger partial charge in [0.05, 0.1) is 6.42 Å². The fourth-order valence-electron chi connectivity index (χ4n) is 9.12. The highest BCUT2D eigenvalue weighted by atomic mass is 16.5. The van der Waals surface area contributed by atoms with Crippen molar-refractivity contribution in [3.63, 3.8) is 0 Å². The number of piperidine rings is 1. The molecule has 0 spiro atoms. The molecule has 7 atom stereocenters. The Bertz CT molecular complexity index is 799. The quantitative estimate of drug-likeness (QED) is 0.481. The van der Waals surface area contributed by atoms with Crippen LogP contribution in [0, 0.1) is 34.5 Å². The third-order valence-corrected chi connectivity index (χ3v) is 11.0. The zero-order valence-electron chi connectivity index (χ0n) is 21.2. The molecule has 0 radical (unpaired) electrons. The second-order valence-corrected chi connectivity index (χ2v) is 12.6. The summed E-state index contributed by atoms with van der Waals surface area (Å²) in [5, 5.41) is 0. The fourth-order valence-corrected chi connectivity index (χ4v) is 9.12. The van der Waals surface area contributed by atoms with Crippen molar-refractivity contribution in [3.05, 3.63) is 11.6 Å². The lowest BCUT2D eigenvalue weighted by Crippen LogP contribution is -2.54. The number of rotatable bonds is 5. The van der Waals surface area contributed by atoms with Gasteiger partial charge in [-0.1, -0.05) is 26.3 Å². The fraction of sp³-hybridized carbons (Fsp3) is 0.862. The lowest BCUT2D eigenvalue weighted by atomic mass is 9.44. The van der Waals surface area contributed by atoms with Crippen LogP contribution in [0.2, 0.25) is 0 Å². The smallest absolute Gasteiger partial charge is 0.307 e. The molecule has 1 saturated heterocycles. The summed E-state index contributed by atoms with van der Waals surface area (Å²) in [5.74, 6) is 3.16. The van der Waals surface area contributed by atoms with Crippen molar-refractivity contribution < 1.29 is 14.3 Å². The monoisotopic (exact) mass is 455 g/mol. The van der Waals surface area contributed by atoms with Gasteiger partial charge in [-0.25, -0.2) is 0 Å². The van der Waals surface area contributed by atoms with Gasteiger partial charge in [-0.3, -0.25) is 9.59 Å². The molecule has 4 heteroatoms. The van der Waals surface area contributed by atoms with Crippen molar-refractivity contribution in [1.29, 1.82) is 0 Å². The molecule has 3 saturated carbocycles. The van der Waals surface area contributed by atoms with Gasteiger partial charge in [0.15, 0.2) is 5.78 Å². The second-order valence-electron chi connectivity index (χ2n) is 12.6. The third kappa shape index (κ3) is 4.23. The highest BCUT2D eigenvalue weighted by molar-refractivity contribution is 5.95. The molecular formula is C29H45NO3. The van der Waals surface area contributed by atoms with Crippen LogP contribution in [-0.2, 0) is 14.3 Å². The highest BCUT2D eigenvalue weighted by Crippen LogP contribution is 2.66. The summed E-state index contributed by atoms with van der Waals surface area (Å²) >= 11 is 0. The number of allylic oxidation sites excluding steroid dienone is 2. The summed E-state index contributed by atoms with van der Waals surface area (Å²) in [7, 11) is 0. The molecule has 1 aliphatic heterocycles. The van der Waals surface area contributed by atoms with Crippen LogP contribution in [0.15, 0.2) is 11.6 Å². The molecular weight excluding hydrogens is 410 g/mol. The zero-order valence-corrected chi connectivity index (χ0v) is 21.2. The molecule has 5 aliphatic rings. The summed E-state index contributed by atoms with van der Waals surface area (Å²) in [6.45, 7) is 9.85. The Morgan fingerprint density at radius 2 is 1.82 bits per heavy atom. The Morgan fingerprint density at radius 1 is 1.03 bits per heavy atom. The highest BCUT2D eigenvalue weighted by Gasteiger charge is 2.59. The molecule has 0 N–H and O–H groups in total. The van der Waals surface area contributed by atoms with Crippen LogP contribution in [0.5, 0.6) is 0 Å². The summed E-state index contributed by atoms with van der Waals surface area (Å²) < 4.78 is 6.03. The molecule has 0 bridgehead atoms. The van der Waals surface area contributed by atoms with E-state index in [1.165, 1.54) is 51.4 Å². The van der Waals surface area contributed by atoms with E-state index in [4.69, 9.17) is 4.74 Å². The van der Waals surface area contributed by atoms with Gasteiger partial charge >= 0.3 is 5.97 Å². The molecule has 5 rings (SSSR count). The number of hydrogen-bond acceptors (Lipinski definition) is 4. The van der Waals surface area contributed by atoms with Crippen molar-refractivity contribution >= 4 is 11.8 Å². The number of hydrogen-bond donors (Lipinski definition) is 0. The Hall–Kier alpha value is -1.16. The molecule has 33 heavy (non-hydrogen) atoms. The van der Waals surface area contributed by atoms with E-state index >= 15 is 0 Å². The predicted molar refractivity (Wildman–Crippen MR) is 131 cm³/mol. The zero-order chi connectivity index (χ0) is 23.2. The number of esters is 1. The maximum Gasteiger partial charge on any atom is 0.307 e. The number of carbonyl (C=O) groups excluding carboxylic acids is 2. The largest absolute Gasteiger partial charge is 0.462 e. The minimum absolute atomic E-state index is 0.0186. The lowest BCUT2D eigenvalue weighted by molar-refractivity contribution is -0.161. The van der Waals surface area contributed by atoms with Crippen molar-refractivity contribution in [2.24, 2.45) is 34.5 Å². The number of carbonyl (C=O) groups is 2. The maximum atomic E-state index is 12.6. The van der Waals surface area contributed by atoms with Crippen molar-refractivity contribution in [3.8, 4) is 0 Å². The van der Waals surface area contributed by atoms with Crippen LogP contribution < -0.4 is 0 Å². The molecule has 4 aliphatic carbocycles. The van der Waals surface area contributed by atoms with E-state index in [1.54, 1.807) is 6.92 Å². The van der Waals surface area contributed by atoms with Crippen LogP contribution in [0.4, 0.5) is 0 Å². The molecule has 0 aromatic carbocycles. The molecule has 4 fully saturated rings. The normalized spacial score (nSPS) is 43.1. The van der Waals surface area contributed by atoms with Crippen molar-refractivity contribution in [2.45, 2.75) is 104 Å². The van der Waals surface area contributed by atoms with Gasteiger partial charge in [0.2, 0.25) is 0 Å². The Labute approximate surface area is 200 Å². The first-order valence-electron chi connectivity index (χ1n) is 13.9. The van der Waals surface area contributed by atoms with Crippen molar-refractivity contribution in [2.75, 3.05) is 19.6 Å². The molecule has 4 nitrogen and oxygen atoms in total. The van der Waals surface area contributed by atoms with Crippen LogP contribution in [0.3, 0.4) is 0 Å². The van der Waals surface area contributed by atoms with Gasteiger partial charge in [0.25, 0.3) is 0 Å². The molecule has 0 aromatic heterocycles. The summed E-state index contributed by atoms with van der Waals surface area (Å²) in [6.07, 6.45) is 16.2. The van der Waals surface area contributed by atoms with Crippen LogP contribution in [0.1, 0.15) is 97.8 Å². The van der Waals surface area contributed by atoms with Crippen molar-refractivity contribution in [1.82, 2.24) is 4.90 Å². The Morgan fingerprint density at radius 3 is 2.58 bits per heavy atom. The van der Waals surface area contributed by atoms with E-state index in [0.29, 0.717) is 29.5 Å². The molecule has 0 unspecified atom stereocenters. The lowest BCUT2D eigenvalue weighted by Gasteiger charge is -2.60. The van der Waals surface area contributed by atoms with E-state index in [0.717, 1.165) is 56.3 Å². The molecule has 0 amide bonds. The van der Waals surface area contributed by atoms with Gasteiger partial charge in [-0.15, -0.1) is 0 Å². The van der Waals surface area contributed by atoms with Crippen LogP contribution in [-0.4, -0.2) is 42.4 Å². The minimum Gasteiger partial charge on any atom is -0.462 e. The number of Topliss-reactive ketones (excluding diaryl/α,β-unsaturated/α-hetero) is 1. The van der Waals surface area contributed by atoms with E-state index in [2.05, 4.69) is 24.8 Å². The standard InChI is InChI=1S/C29H45NO3/c1-20(31)24-9-10-25-23-8-7-21-19-22(33-27(32)13-18-30-16-5-4-6-17-30)11-14-28(21,2)26(23)12-15-29(24,25)3/h9,21-23,25-26H,4-8,10-19H2,1-3H3/t21-,22-,23+,25+,26+,28-,29+/m0/s1. The van der Waals surface area contributed by atoms with E-state index < -0.39 is 0 Å². The van der Waals surface area contributed by atoms with Crippen LogP contribution >= 0.6 is 0 Å². The number of nitrogens with zero attached hydrogens (tertiary/aromatic N) is 1. The predicted octanol–water partition coefficient (Wildman–Crippen LogP) is 5.94. The number of ketones is 1. The molecule has 0 aromatic rings. The third-order valence-electron chi connectivity index (χ3n) is 11.0. The van der Waals surface area contributed by atoms with E-state index in [1.807, 2.05) is 0 Å². The number of likely N-dealkylation sites (tertiary alicyclic amines) is 1. The maximum absolute atomic E-state index is 12.6.